The first-order valence-corrected chi connectivity index (χ1v) is 9.23. The van der Waals surface area contributed by atoms with Gasteiger partial charge in [-0.15, -0.1) is 0 Å². The Labute approximate surface area is 157 Å². The molecule has 3 aromatic rings. The number of rotatable bonds is 6. The van der Waals surface area contributed by atoms with Crippen LogP contribution in [-0.2, 0) is 17.8 Å². The van der Waals surface area contributed by atoms with Gasteiger partial charge in [0.1, 0.15) is 11.5 Å². The summed E-state index contributed by atoms with van der Waals surface area (Å²) in [5.74, 6) is -0.244. The number of hydrogen-bond acceptors (Lipinski definition) is 4. The highest BCUT2D eigenvalue weighted by molar-refractivity contribution is 5.38. The first kappa shape index (κ1) is 17.8. The summed E-state index contributed by atoms with van der Waals surface area (Å²) in [5, 5.41) is 0. The Morgan fingerprint density at radius 1 is 1.19 bits per heavy atom. The van der Waals surface area contributed by atoms with E-state index < -0.39 is 0 Å². The second-order valence-corrected chi connectivity index (χ2v) is 6.95. The number of aromatic nitrogens is 2. The first-order valence-electron chi connectivity index (χ1n) is 9.23. The van der Waals surface area contributed by atoms with Crippen LogP contribution in [0.5, 0.6) is 0 Å². The summed E-state index contributed by atoms with van der Waals surface area (Å²) in [6, 6.07) is 13.7. The van der Waals surface area contributed by atoms with Crippen molar-refractivity contribution < 1.29 is 9.13 Å². The van der Waals surface area contributed by atoms with Crippen molar-refractivity contribution in [2.75, 3.05) is 13.2 Å². The molecule has 0 spiro atoms. The lowest BCUT2D eigenvalue weighted by molar-refractivity contribution is 0.0674. The lowest BCUT2D eigenvalue weighted by Crippen LogP contribution is -2.32. The molecule has 1 fully saturated rings. The summed E-state index contributed by atoms with van der Waals surface area (Å²) in [7, 11) is 0. The Balaban J connectivity index is 1.58. The van der Waals surface area contributed by atoms with Gasteiger partial charge in [0.2, 0.25) is 0 Å². The van der Waals surface area contributed by atoms with Crippen molar-refractivity contribution in [3.8, 4) is 0 Å². The van der Waals surface area contributed by atoms with E-state index in [0.717, 1.165) is 31.6 Å². The van der Waals surface area contributed by atoms with E-state index in [1.165, 1.54) is 10.5 Å². The molecule has 27 heavy (non-hydrogen) atoms. The van der Waals surface area contributed by atoms with E-state index in [1.807, 2.05) is 24.3 Å². The van der Waals surface area contributed by atoms with Gasteiger partial charge < -0.3 is 4.74 Å². The molecule has 1 saturated heterocycles. The van der Waals surface area contributed by atoms with Gasteiger partial charge in [-0.25, -0.2) is 9.37 Å². The zero-order chi connectivity index (χ0) is 18.6. The summed E-state index contributed by atoms with van der Waals surface area (Å²) in [4.78, 5) is 19.1. The van der Waals surface area contributed by atoms with Crippen molar-refractivity contribution in [3.63, 3.8) is 0 Å². The molecule has 0 amide bonds. The maximum absolute atomic E-state index is 13.6. The summed E-state index contributed by atoms with van der Waals surface area (Å²) in [6.45, 7) is 2.60. The molecule has 1 unspecified atom stereocenters. The quantitative estimate of drug-likeness (QED) is 0.672. The lowest BCUT2D eigenvalue weighted by atomic mass is 10.1. The number of nitrogens with zero attached hydrogens (tertiary/aromatic N) is 3. The molecule has 2 aromatic heterocycles. The van der Waals surface area contributed by atoms with Gasteiger partial charge >= 0.3 is 0 Å². The van der Waals surface area contributed by atoms with Gasteiger partial charge in [0.15, 0.2) is 0 Å². The fourth-order valence-corrected chi connectivity index (χ4v) is 3.57. The molecule has 5 nitrogen and oxygen atoms in total. The Bertz CT molecular complexity index is 982. The number of ether oxygens (including phenoxy) is 1. The van der Waals surface area contributed by atoms with Crippen LogP contribution >= 0.6 is 0 Å². The lowest BCUT2D eigenvalue weighted by Gasteiger charge is -2.25. The molecule has 1 aliphatic rings. The van der Waals surface area contributed by atoms with Crippen LogP contribution in [0, 0.1) is 5.82 Å². The average molecular weight is 367 g/mol. The summed E-state index contributed by atoms with van der Waals surface area (Å²) in [6.07, 6.45) is 3.97. The minimum absolute atomic E-state index is 0.0987. The molecular formula is C21H22FN3O2. The Morgan fingerprint density at radius 2 is 2.11 bits per heavy atom. The van der Waals surface area contributed by atoms with Crippen LogP contribution in [0.4, 0.5) is 4.39 Å². The molecule has 0 N–H and O–H groups in total. The number of pyridine rings is 1. The van der Waals surface area contributed by atoms with Crippen molar-refractivity contribution in [2.45, 2.75) is 32.0 Å². The predicted molar refractivity (Wildman–Crippen MR) is 101 cm³/mol. The second kappa shape index (κ2) is 7.98. The normalized spacial score (nSPS) is 17.0. The molecule has 4 rings (SSSR count). The number of halogens is 1. The molecule has 0 aliphatic carbocycles. The minimum Gasteiger partial charge on any atom is -0.377 e. The second-order valence-electron chi connectivity index (χ2n) is 6.95. The van der Waals surface area contributed by atoms with E-state index in [4.69, 9.17) is 4.74 Å². The van der Waals surface area contributed by atoms with E-state index in [2.05, 4.69) is 9.88 Å². The average Bonchev–Trinajstić information content (AvgIpc) is 3.15. The Kier molecular flexibility index (Phi) is 5.27. The van der Waals surface area contributed by atoms with Gasteiger partial charge in [-0.1, -0.05) is 18.2 Å². The van der Waals surface area contributed by atoms with E-state index >= 15 is 0 Å². The molecule has 3 heterocycles. The standard InChI is InChI=1S/C21H22FN3O2/c22-17-6-3-5-16(11-17)13-24(15-19-7-4-10-27-19)14-18-12-21(26)25-9-2-1-8-20(25)23-18/h1-3,5-6,8-9,11-12,19H,4,7,10,13-15H2. The number of fused-ring (bicyclic) bond motifs is 1. The van der Waals surface area contributed by atoms with Crippen LogP contribution in [-0.4, -0.2) is 33.5 Å². The van der Waals surface area contributed by atoms with Crippen LogP contribution in [0.3, 0.4) is 0 Å². The van der Waals surface area contributed by atoms with Crippen molar-refractivity contribution in [1.29, 1.82) is 0 Å². The van der Waals surface area contributed by atoms with Crippen LogP contribution < -0.4 is 5.56 Å². The molecular weight excluding hydrogens is 345 g/mol. The third-order valence-corrected chi connectivity index (χ3v) is 4.79. The van der Waals surface area contributed by atoms with E-state index in [9.17, 15) is 9.18 Å². The van der Waals surface area contributed by atoms with Crippen LogP contribution in [0.1, 0.15) is 24.1 Å². The number of benzene rings is 1. The van der Waals surface area contributed by atoms with Gasteiger partial charge in [-0.3, -0.25) is 14.1 Å². The highest BCUT2D eigenvalue weighted by atomic mass is 19.1. The first-order chi connectivity index (χ1) is 13.2. The van der Waals surface area contributed by atoms with Gasteiger partial charge in [0, 0.05) is 38.5 Å². The van der Waals surface area contributed by atoms with E-state index in [1.54, 1.807) is 24.4 Å². The zero-order valence-corrected chi connectivity index (χ0v) is 15.1. The topological polar surface area (TPSA) is 46.8 Å². The predicted octanol–water partition coefficient (Wildman–Crippen LogP) is 3.01. The summed E-state index contributed by atoms with van der Waals surface area (Å²) < 4.78 is 20.9. The number of hydrogen-bond donors (Lipinski definition) is 0. The third-order valence-electron chi connectivity index (χ3n) is 4.79. The largest absolute Gasteiger partial charge is 0.377 e. The van der Waals surface area contributed by atoms with Crippen LogP contribution in [0.15, 0.2) is 59.5 Å². The maximum atomic E-state index is 13.6. The Morgan fingerprint density at radius 3 is 2.93 bits per heavy atom. The van der Waals surface area contributed by atoms with E-state index in [-0.39, 0.29) is 17.5 Å². The zero-order valence-electron chi connectivity index (χ0n) is 15.1. The SMILES string of the molecule is O=c1cc(CN(Cc2cccc(F)c2)CC2CCCO2)nc2ccccn12. The van der Waals surface area contributed by atoms with E-state index in [0.29, 0.717) is 24.4 Å². The maximum Gasteiger partial charge on any atom is 0.258 e. The third kappa shape index (κ3) is 4.40. The monoisotopic (exact) mass is 367 g/mol. The van der Waals surface area contributed by atoms with Crippen LogP contribution in [0.25, 0.3) is 5.65 Å². The smallest absolute Gasteiger partial charge is 0.258 e. The highest BCUT2D eigenvalue weighted by Gasteiger charge is 2.20. The minimum atomic E-state index is -0.244. The molecule has 1 atom stereocenters. The molecule has 6 heteroatoms. The van der Waals surface area contributed by atoms with Crippen molar-refractivity contribution in [3.05, 3.63) is 82.2 Å². The molecule has 1 aliphatic heterocycles. The van der Waals surface area contributed by atoms with Crippen LogP contribution in [0.2, 0.25) is 0 Å². The fourth-order valence-electron chi connectivity index (χ4n) is 3.57. The van der Waals surface area contributed by atoms with Gasteiger partial charge in [-0.05, 0) is 42.7 Å². The highest BCUT2D eigenvalue weighted by Crippen LogP contribution is 2.17. The Hall–Kier alpha value is -2.57. The van der Waals surface area contributed by atoms with Gasteiger partial charge in [0.25, 0.3) is 5.56 Å². The fraction of sp³-hybridized carbons (Fsp3) is 0.333. The van der Waals surface area contributed by atoms with Gasteiger partial charge in [-0.2, -0.15) is 0 Å². The molecule has 0 bridgehead atoms. The molecule has 0 radical (unpaired) electrons. The summed E-state index contributed by atoms with van der Waals surface area (Å²) in [5.41, 5.74) is 2.13. The molecule has 0 saturated carbocycles. The van der Waals surface area contributed by atoms with Crippen molar-refractivity contribution in [2.24, 2.45) is 0 Å². The van der Waals surface area contributed by atoms with Gasteiger partial charge in [0.05, 0.1) is 11.8 Å². The van der Waals surface area contributed by atoms with Crippen molar-refractivity contribution >= 4 is 5.65 Å². The molecule has 1 aromatic carbocycles. The summed E-state index contributed by atoms with van der Waals surface area (Å²) >= 11 is 0. The molecule has 140 valence electrons. The van der Waals surface area contributed by atoms with Crippen molar-refractivity contribution in [1.82, 2.24) is 14.3 Å².